The van der Waals surface area contributed by atoms with Crippen molar-refractivity contribution >= 4 is 21.8 Å². The molecule has 2 nitrogen and oxygen atoms in total. The number of carbonyl (C=O) groups excluding carboxylic acids is 1. The summed E-state index contributed by atoms with van der Waals surface area (Å²) in [6.45, 7) is 0.873. The molecule has 14 heavy (non-hydrogen) atoms. The molecule has 0 heterocycles. The molecule has 1 fully saturated rings. The van der Waals surface area contributed by atoms with Crippen LogP contribution in [0.1, 0.15) is 44.9 Å². The highest BCUT2D eigenvalue weighted by Crippen LogP contribution is 2.26. The van der Waals surface area contributed by atoms with Gasteiger partial charge in [0.15, 0.2) is 0 Å². The summed E-state index contributed by atoms with van der Waals surface area (Å²) in [6, 6.07) is 0. The number of halogens is 1. The van der Waals surface area contributed by atoms with Gasteiger partial charge in [0, 0.05) is 17.8 Å². The van der Waals surface area contributed by atoms with Gasteiger partial charge in [-0.15, -0.1) is 0 Å². The number of hydrogen-bond acceptors (Lipinski definition) is 1. The summed E-state index contributed by atoms with van der Waals surface area (Å²) < 4.78 is 0. The quantitative estimate of drug-likeness (QED) is 0.554. The third-order valence-corrected chi connectivity index (χ3v) is 3.40. The van der Waals surface area contributed by atoms with Crippen LogP contribution in [0, 0.1) is 5.92 Å². The summed E-state index contributed by atoms with van der Waals surface area (Å²) >= 11 is 3.41. The zero-order valence-corrected chi connectivity index (χ0v) is 10.3. The molecule has 0 spiro atoms. The standard InChI is InChI=1S/C11H20BrNO/c12-8-3-1-2-4-9-13-11(14)10-6-5-7-10/h10H,1-9H2,(H,13,14). The Bertz CT molecular complexity index is 169. The Labute approximate surface area is 95.0 Å². The molecule has 1 amide bonds. The van der Waals surface area contributed by atoms with Gasteiger partial charge in [0.1, 0.15) is 0 Å². The summed E-state index contributed by atoms with van der Waals surface area (Å²) in [5.74, 6) is 0.634. The maximum atomic E-state index is 11.4. The van der Waals surface area contributed by atoms with Crippen LogP contribution in [-0.2, 0) is 4.79 Å². The van der Waals surface area contributed by atoms with Crippen LogP contribution < -0.4 is 5.32 Å². The Kier molecular flexibility index (Phi) is 6.24. The third kappa shape index (κ3) is 4.45. The molecule has 0 bridgehead atoms. The first-order valence-corrected chi connectivity index (χ1v) is 6.80. The second kappa shape index (κ2) is 7.27. The minimum atomic E-state index is 0.289. The molecule has 0 saturated heterocycles. The average Bonchev–Trinajstić information content (AvgIpc) is 2.08. The fraction of sp³-hybridized carbons (Fsp3) is 0.909. The van der Waals surface area contributed by atoms with Gasteiger partial charge >= 0.3 is 0 Å². The van der Waals surface area contributed by atoms with E-state index in [0.29, 0.717) is 5.92 Å². The van der Waals surface area contributed by atoms with Crippen LogP contribution in [0.3, 0.4) is 0 Å². The molecule has 1 rings (SSSR count). The largest absolute Gasteiger partial charge is 0.356 e. The van der Waals surface area contributed by atoms with Crippen LogP contribution in [0.2, 0.25) is 0 Å². The summed E-state index contributed by atoms with van der Waals surface area (Å²) in [7, 11) is 0. The lowest BCUT2D eigenvalue weighted by Gasteiger charge is -2.23. The van der Waals surface area contributed by atoms with Crippen molar-refractivity contribution in [1.82, 2.24) is 5.32 Å². The van der Waals surface area contributed by atoms with E-state index >= 15 is 0 Å². The first-order valence-electron chi connectivity index (χ1n) is 5.68. The van der Waals surface area contributed by atoms with Gasteiger partial charge < -0.3 is 5.32 Å². The molecule has 1 N–H and O–H groups in total. The SMILES string of the molecule is O=C(NCCCCCCBr)C1CCC1. The van der Waals surface area contributed by atoms with E-state index in [1.807, 2.05) is 0 Å². The maximum absolute atomic E-state index is 11.4. The Morgan fingerprint density at radius 1 is 1.21 bits per heavy atom. The van der Waals surface area contributed by atoms with Crippen molar-refractivity contribution < 1.29 is 4.79 Å². The molecule has 1 aliphatic carbocycles. The van der Waals surface area contributed by atoms with E-state index < -0.39 is 0 Å². The van der Waals surface area contributed by atoms with Gasteiger partial charge in [-0.25, -0.2) is 0 Å². The summed E-state index contributed by atoms with van der Waals surface area (Å²) in [5, 5.41) is 4.11. The van der Waals surface area contributed by atoms with Crippen LogP contribution >= 0.6 is 15.9 Å². The average molecular weight is 262 g/mol. The van der Waals surface area contributed by atoms with E-state index in [1.54, 1.807) is 0 Å². The number of carbonyl (C=O) groups is 1. The molecule has 0 radical (unpaired) electrons. The molecule has 82 valence electrons. The Hall–Kier alpha value is -0.0500. The second-order valence-corrected chi connectivity index (χ2v) is 4.82. The highest BCUT2D eigenvalue weighted by atomic mass is 79.9. The van der Waals surface area contributed by atoms with Gasteiger partial charge in [0.2, 0.25) is 5.91 Å². The summed E-state index contributed by atoms with van der Waals surface area (Å²) in [6.07, 6.45) is 8.33. The normalized spacial score (nSPS) is 16.4. The molecule has 3 heteroatoms. The van der Waals surface area contributed by atoms with Gasteiger partial charge in [-0.3, -0.25) is 4.79 Å². The molecular weight excluding hydrogens is 242 g/mol. The van der Waals surface area contributed by atoms with Crippen molar-refractivity contribution in [2.24, 2.45) is 5.92 Å². The molecule has 0 aromatic rings. The van der Waals surface area contributed by atoms with E-state index in [-0.39, 0.29) is 5.91 Å². The van der Waals surface area contributed by atoms with Gasteiger partial charge in [0.25, 0.3) is 0 Å². The number of unbranched alkanes of at least 4 members (excludes halogenated alkanes) is 3. The minimum Gasteiger partial charge on any atom is -0.356 e. The molecule has 0 atom stereocenters. The topological polar surface area (TPSA) is 29.1 Å². The maximum Gasteiger partial charge on any atom is 0.223 e. The zero-order chi connectivity index (χ0) is 10.2. The van der Waals surface area contributed by atoms with Crippen molar-refractivity contribution in [2.75, 3.05) is 11.9 Å². The fourth-order valence-electron chi connectivity index (χ4n) is 1.60. The highest BCUT2D eigenvalue weighted by molar-refractivity contribution is 9.09. The smallest absolute Gasteiger partial charge is 0.223 e. The first kappa shape index (κ1) is 12.0. The molecular formula is C11H20BrNO. The monoisotopic (exact) mass is 261 g/mol. The lowest BCUT2D eigenvalue weighted by Crippen LogP contribution is -2.34. The van der Waals surface area contributed by atoms with Crippen molar-refractivity contribution in [3.05, 3.63) is 0 Å². The molecule has 0 aromatic heterocycles. The van der Waals surface area contributed by atoms with Crippen LogP contribution in [0.4, 0.5) is 0 Å². The van der Waals surface area contributed by atoms with Crippen LogP contribution in [-0.4, -0.2) is 17.8 Å². The number of amides is 1. The third-order valence-electron chi connectivity index (χ3n) is 2.84. The second-order valence-electron chi connectivity index (χ2n) is 4.02. The van der Waals surface area contributed by atoms with E-state index in [4.69, 9.17) is 0 Å². The van der Waals surface area contributed by atoms with Gasteiger partial charge in [-0.05, 0) is 25.7 Å². The molecule has 0 unspecified atom stereocenters. The summed E-state index contributed by atoms with van der Waals surface area (Å²) in [4.78, 5) is 11.4. The highest BCUT2D eigenvalue weighted by Gasteiger charge is 2.24. The number of nitrogens with one attached hydrogen (secondary N) is 1. The van der Waals surface area contributed by atoms with Gasteiger partial charge in [0.05, 0.1) is 0 Å². The molecule has 1 aliphatic rings. The van der Waals surface area contributed by atoms with Gasteiger partial charge in [-0.1, -0.05) is 35.2 Å². The lowest BCUT2D eigenvalue weighted by atomic mass is 9.85. The molecule has 1 saturated carbocycles. The number of rotatable bonds is 7. The minimum absolute atomic E-state index is 0.289. The van der Waals surface area contributed by atoms with Crippen molar-refractivity contribution in [1.29, 1.82) is 0 Å². The molecule has 0 aliphatic heterocycles. The number of hydrogen-bond donors (Lipinski definition) is 1. The van der Waals surface area contributed by atoms with E-state index in [0.717, 1.165) is 31.1 Å². The van der Waals surface area contributed by atoms with E-state index in [1.165, 1.54) is 25.7 Å². The van der Waals surface area contributed by atoms with Gasteiger partial charge in [-0.2, -0.15) is 0 Å². The van der Waals surface area contributed by atoms with E-state index in [9.17, 15) is 4.79 Å². The zero-order valence-electron chi connectivity index (χ0n) is 8.73. The Morgan fingerprint density at radius 3 is 2.50 bits per heavy atom. The van der Waals surface area contributed by atoms with Crippen LogP contribution in [0.15, 0.2) is 0 Å². The first-order chi connectivity index (χ1) is 6.84. The Morgan fingerprint density at radius 2 is 1.93 bits per heavy atom. The van der Waals surface area contributed by atoms with Crippen molar-refractivity contribution in [3.63, 3.8) is 0 Å². The predicted octanol–water partition coefficient (Wildman–Crippen LogP) is 2.86. The fourth-order valence-corrected chi connectivity index (χ4v) is 2.00. The predicted molar refractivity (Wildman–Crippen MR) is 62.6 cm³/mol. The van der Waals surface area contributed by atoms with Crippen molar-refractivity contribution in [3.8, 4) is 0 Å². The van der Waals surface area contributed by atoms with Crippen LogP contribution in [0.5, 0.6) is 0 Å². The van der Waals surface area contributed by atoms with Crippen LogP contribution in [0.25, 0.3) is 0 Å². The number of alkyl halides is 1. The molecule has 0 aromatic carbocycles. The summed E-state index contributed by atoms with van der Waals surface area (Å²) in [5.41, 5.74) is 0. The van der Waals surface area contributed by atoms with E-state index in [2.05, 4.69) is 21.2 Å². The van der Waals surface area contributed by atoms with Crippen molar-refractivity contribution in [2.45, 2.75) is 44.9 Å². The lowest BCUT2D eigenvalue weighted by molar-refractivity contribution is -0.127. The Balaban J connectivity index is 1.85.